The first-order valence-electron chi connectivity index (χ1n) is 6.52. The predicted octanol–water partition coefficient (Wildman–Crippen LogP) is 5.36. The Morgan fingerprint density at radius 1 is 0.950 bits per heavy atom. The summed E-state index contributed by atoms with van der Waals surface area (Å²) < 4.78 is 1.09. The molecule has 1 heterocycles. The molecular formula is C17H15BrN2. The molecule has 0 amide bonds. The van der Waals surface area contributed by atoms with Crippen molar-refractivity contribution < 1.29 is 0 Å². The Balaban J connectivity index is 2.08. The third kappa shape index (κ3) is 2.54. The van der Waals surface area contributed by atoms with E-state index >= 15 is 0 Å². The summed E-state index contributed by atoms with van der Waals surface area (Å²) in [7, 11) is 0. The van der Waals surface area contributed by atoms with Crippen LogP contribution in [0.4, 0.5) is 11.4 Å². The number of aryl methyl sites for hydroxylation is 2. The molecule has 0 radical (unpaired) electrons. The standard InChI is InChI=1S/C17H15BrN2/c1-11-3-5-16-14(9-11)17(7-8-19-16)20-15-6-4-13(18)10-12(15)2/h3-10H,1-2H3,(H,19,20). The van der Waals surface area contributed by atoms with E-state index in [4.69, 9.17) is 0 Å². The van der Waals surface area contributed by atoms with Crippen LogP contribution in [0.2, 0.25) is 0 Å². The lowest BCUT2D eigenvalue weighted by Crippen LogP contribution is -1.95. The Bertz CT molecular complexity index is 781. The quantitative estimate of drug-likeness (QED) is 0.685. The second-order valence-electron chi connectivity index (χ2n) is 4.96. The van der Waals surface area contributed by atoms with Crippen LogP contribution in [0, 0.1) is 13.8 Å². The topological polar surface area (TPSA) is 24.9 Å². The molecule has 3 heteroatoms. The van der Waals surface area contributed by atoms with Gasteiger partial charge in [0.05, 0.1) is 5.52 Å². The van der Waals surface area contributed by atoms with E-state index in [0.717, 1.165) is 26.8 Å². The maximum atomic E-state index is 4.41. The molecule has 0 fully saturated rings. The van der Waals surface area contributed by atoms with E-state index in [2.05, 4.69) is 70.4 Å². The average molecular weight is 327 g/mol. The van der Waals surface area contributed by atoms with Gasteiger partial charge in [-0.25, -0.2) is 0 Å². The van der Waals surface area contributed by atoms with Gasteiger partial charge in [-0.1, -0.05) is 27.6 Å². The van der Waals surface area contributed by atoms with Crippen molar-refractivity contribution in [1.29, 1.82) is 0 Å². The summed E-state index contributed by atoms with van der Waals surface area (Å²) >= 11 is 3.49. The van der Waals surface area contributed by atoms with E-state index in [1.165, 1.54) is 11.1 Å². The predicted molar refractivity (Wildman–Crippen MR) is 88.6 cm³/mol. The monoisotopic (exact) mass is 326 g/mol. The SMILES string of the molecule is Cc1ccc2nccc(Nc3ccc(Br)cc3C)c2c1. The molecule has 3 rings (SSSR count). The third-order valence-corrected chi connectivity index (χ3v) is 3.85. The highest BCUT2D eigenvalue weighted by atomic mass is 79.9. The van der Waals surface area contributed by atoms with E-state index in [1.807, 2.05) is 18.3 Å². The van der Waals surface area contributed by atoms with Crippen LogP contribution in [-0.2, 0) is 0 Å². The van der Waals surface area contributed by atoms with Gasteiger partial charge in [-0.2, -0.15) is 0 Å². The number of rotatable bonds is 2. The smallest absolute Gasteiger partial charge is 0.0723 e. The first kappa shape index (κ1) is 13.1. The van der Waals surface area contributed by atoms with Crippen LogP contribution in [0.25, 0.3) is 10.9 Å². The number of hydrogen-bond donors (Lipinski definition) is 1. The fourth-order valence-electron chi connectivity index (χ4n) is 2.28. The van der Waals surface area contributed by atoms with Crippen molar-refractivity contribution in [2.45, 2.75) is 13.8 Å². The fourth-order valence-corrected chi connectivity index (χ4v) is 2.76. The number of nitrogens with one attached hydrogen (secondary N) is 1. The second-order valence-corrected chi connectivity index (χ2v) is 5.88. The van der Waals surface area contributed by atoms with E-state index in [0.29, 0.717) is 0 Å². The van der Waals surface area contributed by atoms with Crippen LogP contribution in [0.3, 0.4) is 0 Å². The van der Waals surface area contributed by atoms with Crippen LogP contribution < -0.4 is 5.32 Å². The third-order valence-electron chi connectivity index (χ3n) is 3.35. The van der Waals surface area contributed by atoms with Gasteiger partial charge in [-0.3, -0.25) is 4.98 Å². The number of halogens is 1. The van der Waals surface area contributed by atoms with Crippen LogP contribution in [0.1, 0.15) is 11.1 Å². The van der Waals surface area contributed by atoms with Gasteiger partial charge in [0, 0.05) is 27.4 Å². The van der Waals surface area contributed by atoms with Gasteiger partial charge >= 0.3 is 0 Å². The van der Waals surface area contributed by atoms with E-state index in [-0.39, 0.29) is 0 Å². The summed E-state index contributed by atoms with van der Waals surface area (Å²) in [6.07, 6.45) is 1.84. The number of fused-ring (bicyclic) bond motifs is 1. The highest BCUT2D eigenvalue weighted by Crippen LogP contribution is 2.28. The second kappa shape index (κ2) is 5.25. The van der Waals surface area contributed by atoms with Crippen molar-refractivity contribution >= 4 is 38.2 Å². The Kier molecular flexibility index (Phi) is 3.45. The molecule has 0 bridgehead atoms. The van der Waals surface area contributed by atoms with Gasteiger partial charge in [-0.05, 0) is 55.8 Å². The zero-order valence-electron chi connectivity index (χ0n) is 11.4. The molecule has 2 aromatic carbocycles. The average Bonchev–Trinajstić information content (AvgIpc) is 2.42. The minimum atomic E-state index is 1.01. The van der Waals surface area contributed by atoms with Gasteiger partial charge in [-0.15, -0.1) is 0 Å². The molecule has 0 saturated carbocycles. The van der Waals surface area contributed by atoms with Crippen LogP contribution >= 0.6 is 15.9 Å². The summed E-state index contributed by atoms with van der Waals surface area (Å²) in [4.78, 5) is 4.41. The van der Waals surface area contributed by atoms with Gasteiger partial charge in [0.1, 0.15) is 0 Å². The zero-order chi connectivity index (χ0) is 14.1. The molecule has 1 N–H and O–H groups in total. The lowest BCUT2D eigenvalue weighted by molar-refractivity contribution is 1.37. The molecule has 0 unspecified atom stereocenters. The largest absolute Gasteiger partial charge is 0.355 e. The van der Waals surface area contributed by atoms with Crippen LogP contribution in [0.15, 0.2) is 53.1 Å². The molecule has 20 heavy (non-hydrogen) atoms. The zero-order valence-corrected chi connectivity index (χ0v) is 13.0. The van der Waals surface area contributed by atoms with Gasteiger partial charge in [0.15, 0.2) is 0 Å². The minimum Gasteiger partial charge on any atom is -0.355 e. The lowest BCUT2D eigenvalue weighted by atomic mass is 10.1. The summed E-state index contributed by atoms with van der Waals surface area (Å²) in [6.45, 7) is 4.20. The molecule has 0 atom stereocenters. The first-order valence-corrected chi connectivity index (χ1v) is 7.31. The number of nitrogens with zero attached hydrogens (tertiary/aromatic N) is 1. The molecule has 0 aliphatic heterocycles. The molecular weight excluding hydrogens is 312 g/mol. The van der Waals surface area contributed by atoms with Crippen LogP contribution in [0.5, 0.6) is 0 Å². The normalized spacial score (nSPS) is 10.8. The van der Waals surface area contributed by atoms with Crippen LogP contribution in [-0.4, -0.2) is 4.98 Å². The van der Waals surface area contributed by atoms with Gasteiger partial charge in [0.25, 0.3) is 0 Å². The Labute approximate surface area is 127 Å². The molecule has 0 aliphatic rings. The van der Waals surface area contributed by atoms with Crippen molar-refractivity contribution in [1.82, 2.24) is 4.98 Å². The molecule has 0 saturated heterocycles. The number of hydrogen-bond acceptors (Lipinski definition) is 2. The van der Waals surface area contributed by atoms with Gasteiger partial charge < -0.3 is 5.32 Å². The maximum Gasteiger partial charge on any atom is 0.0723 e. The summed E-state index contributed by atoms with van der Waals surface area (Å²) in [5.41, 5.74) is 5.65. The summed E-state index contributed by atoms with van der Waals surface area (Å²) in [6, 6.07) is 14.6. The van der Waals surface area contributed by atoms with E-state index in [1.54, 1.807) is 0 Å². The summed E-state index contributed by atoms with van der Waals surface area (Å²) in [5.74, 6) is 0. The molecule has 0 spiro atoms. The molecule has 100 valence electrons. The first-order chi connectivity index (χ1) is 9.63. The maximum absolute atomic E-state index is 4.41. The molecule has 2 nitrogen and oxygen atoms in total. The van der Waals surface area contributed by atoms with Gasteiger partial charge in [0.2, 0.25) is 0 Å². The van der Waals surface area contributed by atoms with Crippen molar-refractivity contribution in [2.24, 2.45) is 0 Å². The highest BCUT2D eigenvalue weighted by Gasteiger charge is 2.04. The molecule has 0 aliphatic carbocycles. The van der Waals surface area contributed by atoms with Crippen molar-refractivity contribution in [3.8, 4) is 0 Å². The lowest BCUT2D eigenvalue weighted by Gasteiger charge is -2.12. The Morgan fingerprint density at radius 3 is 2.60 bits per heavy atom. The Morgan fingerprint density at radius 2 is 1.80 bits per heavy atom. The van der Waals surface area contributed by atoms with Crippen molar-refractivity contribution in [3.63, 3.8) is 0 Å². The number of pyridine rings is 1. The van der Waals surface area contributed by atoms with E-state index < -0.39 is 0 Å². The summed E-state index contributed by atoms with van der Waals surface area (Å²) in [5, 5.41) is 4.66. The van der Waals surface area contributed by atoms with E-state index in [9.17, 15) is 0 Å². The molecule has 1 aromatic heterocycles. The van der Waals surface area contributed by atoms with Crippen molar-refractivity contribution in [2.75, 3.05) is 5.32 Å². The number of aromatic nitrogens is 1. The Hall–Kier alpha value is -1.87. The number of anilines is 2. The van der Waals surface area contributed by atoms with Crippen molar-refractivity contribution in [3.05, 3.63) is 64.3 Å². The minimum absolute atomic E-state index is 1.01. The highest BCUT2D eigenvalue weighted by molar-refractivity contribution is 9.10. The fraction of sp³-hybridized carbons (Fsp3) is 0.118. The number of benzene rings is 2. The molecule has 3 aromatic rings.